The predicted octanol–water partition coefficient (Wildman–Crippen LogP) is 1.22. The third kappa shape index (κ3) is 6.01. The third-order valence-corrected chi connectivity index (χ3v) is 5.71. The molecule has 1 amide bonds. The number of anilines is 1. The van der Waals surface area contributed by atoms with Gasteiger partial charge in [0.05, 0.1) is 19.3 Å². The summed E-state index contributed by atoms with van der Waals surface area (Å²) >= 11 is 0. The minimum atomic E-state index is 0.0485. The van der Waals surface area contributed by atoms with Crippen LogP contribution < -0.4 is 10.2 Å². The van der Waals surface area contributed by atoms with Crippen molar-refractivity contribution in [2.75, 3.05) is 63.9 Å². The Labute approximate surface area is 178 Å². The molecule has 2 saturated heterocycles. The lowest BCUT2D eigenvalue weighted by Gasteiger charge is -2.35. The number of ether oxygens (including phenoxy) is 1. The van der Waals surface area contributed by atoms with Crippen LogP contribution in [-0.2, 0) is 16.1 Å². The fraction of sp³-hybridized carbons (Fsp3) is 0.478. The van der Waals surface area contributed by atoms with Gasteiger partial charge < -0.3 is 15.0 Å². The van der Waals surface area contributed by atoms with E-state index < -0.39 is 0 Å². The third-order valence-electron chi connectivity index (χ3n) is 5.71. The monoisotopic (exact) mass is 409 g/mol. The molecule has 1 aromatic heterocycles. The van der Waals surface area contributed by atoms with Crippen molar-refractivity contribution in [2.24, 2.45) is 0 Å². The second kappa shape index (κ2) is 10.5. The number of pyridine rings is 1. The molecule has 3 heterocycles. The molecule has 160 valence electrons. The Balaban J connectivity index is 1.15. The van der Waals surface area contributed by atoms with Crippen LogP contribution in [0.25, 0.3) is 0 Å². The quantitative estimate of drug-likeness (QED) is 0.742. The summed E-state index contributed by atoms with van der Waals surface area (Å²) < 4.78 is 5.87. The van der Waals surface area contributed by atoms with Crippen LogP contribution in [0.1, 0.15) is 5.56 Å². The Kier molecular flexibility index (Phi) is 7.29. The molecule has 7 nitrogen and oxygen atoms in total. The fourth-order valence-corrected chi connectivity index (χ4v) is 4.05. The van der Waals surface area contributed by atoms with Crippen LogP contribution in [0.3, 0.4) is 0 Å². The number of piperazine rings is 1. The number of carbonyl (C=O) groups excluding carboxylic acids is 1. The molecule has 0 saturated carbocycles. The van der Waals surface area contributed by atoms with Crippen molar-refractivity contribution in [1.29, 1.82) is 0 Å². The summed E-state index contributed by atoms with van der Waals surface area (Å²) in [5.41, 5.74) is 1.31. The molecule has 1 unspecified atom stereocenters. The molecule has 4 rings (SSSR count). The highest BCUT2D eigenvalue weighted by Gasteiger charge is 2.23. The fourth-order valence-electron chi connectivity index (χ4n) is 4.05. The van der Waals surface area contributed by atoms with Crippen molar-refractivity contribution in [1.82, 2.24) is 20.1 Å². The molecule has 2 aliphatic rings. The second-order valence-electron chi connectivity index (χ2n) is 7.97. The van der Waals surface area contributed by atoms with Crippen LogP contribution in [0.5, 0.6) is 0 Å². The number of morpholine rings is 1. The molecule has 2 aliphatic heterocycles. The van der Waals surface area contributed by atoms with Gasteiger partial charge in [-0.05, 0) is 17.7 Å². The molecule has 0 aliphatic carbocycles. The number of carbonyl (C=O) groups is 1. The van der Waals surface area contributed by atoms with E-state index in [4.69, 9.17) is 4.74 Å². The maximum Gasteiger partial charge on any atom is 0.234 e. The lowest BCUT2D eigenvalue weighted by Crippen LogP contribution is -2.51. The zero-order valence-electron chi connectivity index (χ0n) is 17.4. The average Bonchev–Trinajstić information content (AvgIpc) is 2.80. The van der Waals surface area contributed by atoms with Gasteiger partial charge >= 0.3 is 0 Å². The van der Waals surface area contributed by atoms with E-state index in [1.807, 2.05) is 30.5 Å². The molecule has 0 spiro atoms. The van der Waals surface area contributed by atoms with E-state index in [-0.39, 0.29) is 12.0 Å². The van der Waals surface area contributed by atoms with E-state index in [1.165, 1.54) is 5.56 Å². The topological polar surface area (TPSA) is 60.9 Å². The van der Waals surface area contributed by atoms with Gasteiger partial charge in [-0.1, -0.05) is 36.4 Å². The Morgan fingerprint density at radius 2 is 1.80 bits per heavy atom. The zero-order chi connectivity index (χ0) is 20.6. The summed E-state index contributed by atoms with van der Waals surface area (Å²) in [4.78, 5) is 23.7. The first-order chi connectivity index (χ1) is 14.8. The van der Waals surface area contributed by atoms with E-state index in [0.29, 0.717) is 19.7 Å². The number of benzene rings is 1. The Morgan fingerprint density at radius 3 is 2.57 bits per heavy atom. The number of hydrogen-bond donors (Lipinski definition) is 1. The van der Waals surface area contributed by atoms with E-state index in [9.17, 15) is 4.79 Å². The lowest BCUT2D eigenvalue weighted by molar-refractivity contribution is -0.123. The summed E-state index contributed by atoms with van der Waals surface area (Å²) in [5, 5.41) is 3.07. The number of nitrogens with zero attached hydrogens (tertiary/aromatic N) is 4. The van der Waals surface area contributed by atoms with Crippen molar-refractivity contribution in [2.45, 2.75) is 12.6 Å². The maximum absolute atomic E-state index is 12.4. The van der Waals surface area contributed by atoms with Crippen LogP contribution in [0.2, 0.25) is 0 Å². The maximum atomic E-state index is 12.4. The van der Waals surface area contributed by atoms with Gasteiger partial charge in [0, 0.05) is 58.6 Å². The van der Waals surface area contributed by atoms with Gasteiger partial charge in [0.2, 0.25) is 5.91 Å². The molecule has 0 bridgehead atoms. The number of nitrogens with one attached hydrogen (secondary N) is 1. The second-order valence-corrected chi connectivity index (χ2v) is 7.97. The first-order valence-corrected chi connectivity index (χ1v) is 10.8. The Hall–Kier alpha value is -2.48. The lowest BCUT2D eigenvalue weighted by atomic mass is 10.2. The summed E-state index contributed by atoms with van der Waals surface area (Å²) in [6.45, 7) is 7.95. The molecule has 0 radical (unpaired) electrons. The Bertz CT molecular complexity index is 781. The van der Waals surface area contributed by atoms with Crippen LogP contribution in [0.15, 0.2) is 54.7 Å². The number of rotatable bonds is 7. The normalized spacial score (nSPS) is 20.8. The van der Waals surface area contributed by atoms with E-state index >= 15 is 0 Å². The summed E-state index contributed by atoms with van der Waals surface area (Å²) in [6.07, 6.45) is 1.87. The van der Waals surface area contributed by atoms with Crippen LogP contribution in [-0.4, -0.2) is 85.8 Å². The average molecular weight is 410 g/mol. The van der Waals surface area contributed by atoms with Gasteiger partial charge in [0.25, 0.3) is 0 Å². The first-order valence-electron chi connectivity index (χ1n) is 10.8. The van der Waals surface area contributed by atoms with E-state index in [0.717, 1.165) is 51.6 Å². The van der Waals surface area contributed by atoms with Crippen molar-refractivity contribution in [3.8, 4) is 0 Å². The van der Waals surface area contributed by atoms with Gasteiger partial charge in [-0.15, -0.1) is 0 Å². The van der Waals surface area contributed by atoms with Crippen molar-refractivity contribution in [3.05, 3.63) is 60.3 Å². The highest BCUT2D eigenvalue weighted by atomic mass is 16.5. The van der Waals surface area contributed by atoms with Crippen LogP contribution in [0, 0.1) is 0 Å². The van der Waals surface area contributed by atoms with Gasteiger partial charge in [-0.3, -0.25) is 14.6 Å². The van der Waals surface area contributed by atoms with Gasteiger partial charge in [-0.25, -0.2) is 4.98 Å². The molecule has 1 atom stereocenters. The van der Waals surface area contributed by atoms with E-state index in [1.54, 1.807) is 0 Å². The zero-order valence-corrected chi connectivity index (χ0v) is 17.4. The van der Waals surface area contributed by atoms with Crippen molar-refractivity contribution in [3.63, 3.8) is 0 Å². The highest BCUT2D eigenvalue weighted by Crippen LogP contribution is 2.12. The van der Waals surface area contributed by atoms with Gasteiger partial charge in [0.1, 0.15) is 5.82 Å². The van der Waals surface area contributed by atoms with Crippen molar-refractivity contribution >= 4 is 11.7 Å². The summed E-state index contributed by atoms with van der Waals surface area (Å²) in [5.74, 6) is 1.08. The molecule has 1 aromatic carbocycles. The molecule has 30 heavy (non-hydrogen) atoms. The van der Waals surface area contributed by atoms with Crippen molar-refractivity contribution < 1.29 is 9.53 Å². The number of amides is 1. The standard InChI is InChI=1S/C23H31N5O2/c29-23(19-26-10-12-28(13-11-26)22-8-4-5-9-24-22)25-16-21-18-27(14-15-30-21)17-20-6-2-1-3-7-20/h1-9,21H,10-19H2,(H,25,29). The molecule has 2 aromatic rings. The minimum Gasteiger partial charge on any atom is -0.374 e. The van der Waals surface area contributed by atoms with Gasteiger partial charge in [-0.2, -0.15) is 0 Å². The highest BCUT2D eigenvalue weighted by molar-refractivity contribution is 5.78. The van der Waals surface area contributed by atoms with Gasteiger partial charge in [0.15, 0.2) is 0 Å². The smallest absolute Gasteiger partial charge is 0.234 e. The largest absolute Gasteiger partial charge is 0.374 e. The summed E-state index contributed by atoms with van der Waals surface area (Å²) in [7, 11) is 0. The summed E-state index contributed by atoms with van der Waals surface area (Å²) in [6, 6.07) is 16.5. The molecule has 1 N–H and O–H groups in total. The first kappa shape index (κ1) is 20.8. The number of aromatic nitrogens is 1. The molecular weight excluding hydrogens is 378 g/mol. The van der Waals surface area contributed by atoms with E-state index in [2.05, 4.69) is 49.3 Å². The predicted molar refractivity (Wildman–Crippen MR) is 117 cm³/mol. The molecular formula is C23H31N5O2. The number of hydrogen-bond acceptors (Lipinski definition) is 6. The van der Waals surface area contributed by atoms with Crippen LogP contribution >= 0.6 is 0 Å². The molecule has 2 fully saturated rings. The Morgan fingerprint density at radius 1 is 1.00 bits per heavy atom. The van der Waals surface area contributed by atoms with Crippen LogP contribution in [0.4, 0.5) is 5.82 Å². The molecule has 7 heteroatoms. The minimum absolute atomic E-state index is 0.0485. The SMILES string of the molecule is O=C(CN1CCN(c2ccccn2)CC1)NCC1CN(Cc2ccccc2)CCO1.